The minimum atomic E-state index is 0.309. The van der Waals surface area contributed by atoms with Gasteiger partial charge in [0.05, 0.1) is 12.1 Å². The van der Waals surface area contributed by atoms with Crippen LogP contribution in [0.3, 0.4) is 0 Å². The molecule has 232 valence electrons. The van der Waals surface area contributed by atoms with Crippen molar-refractivity contribution >= 4 is 55.5 Å². The minimum Gasteiger partial charge on any atom is -0.311 e. The number of pyridine rings is 1. The Morgan fingerprint density at radius 2 is 1.52 bits per heavy atom. The van der Waals surface area contributed by atoms with Crippen LogP contribution in [-0.4, -0.2) is 17.7 Å². The summed E-state index contributed by atoms with van der Waals surface area (Å²) >= 11 is 1.84. The van der Waals surface area contributed by atoms with Gasteiger partial charge in [-0.25, -0.2) is 0 Å². The Balaban J connectivity index is 1.11. The number of fused-ring (bicyclic) bond motifs is 2. The maximum atomic E-state index is 4.59. The van der Waals surface area contributed by atoms with Gasteiger partial charge in [-0.05, 0) is 101 Å². The Morgan fingerprint density at radius 1 is 0.708 bits per heavy atom. The van der Waals surface area contributed by atoms with E-state index in [4.69, 9.17) is 0 Å². The first-order valence-corrected chi connectivity index (χ1v) is 17.3. The average molecular weight is 638 g/mol. The molecule has 0 bridgehead atoms. The van der Waals surface area contributed by atoms with Gasteiger partial charge in [0, 0.05) is 50.4 Å². The summed E-state index contributed by atoms with van der Waals surface area (Å²) in [5.74, 6) is 0.309. The Bertz CT molecular complexity index is 2230. The van der Waals surface area contributed by atoms with Crippen LogP contribution in [0.1, 0.15) is 29.9 Å². The van der Waals surface area contributed by atoms with Crippen LogP contribution in [0.25, 0.3) is 37.0 Å². The molecule has 3 nitrogen and oxygen atoms in total. The lowest BCUT2D eigenvalue weighted by Crippen LogP contribution is -2.17. The Labute approximate surface area is 285 Å². The van der Waals surface area contributed by atoms with Crippen LogP contribution in [-0.2, 0) is 0 Å². The van der Waals surface area contributed by atoms with Crippen molar-refractivity contribution in [2.45, 2.75) is 18.8 Å². The minimum absolute atomic E-state index is 0.309. The Kier molecular flexibility index (Phi) is 8.47. The van der Waals surface area contributed by atoms with E-state index < -0.39 is 0 Å². The summed E-state index contributed by atoms with van der Waals surface area (Å²) in [7, 11) is 0. The summed E-state index contributed by atoms with van der Waals surface area (Å²) in [5.41, 5.74) is 9.39. The molecule has 0 amide bonds. The molecule has 3 heterocycles. The zero-order valence-electron chi connectivity index (χ0n) is 26.6. The van der Waals surface area contributed by atoms with Crippen molar-refractivity contribution in [1.29, 1.82) is 0 Å². The van der Waals surface area contributed by atoms with E-state index in [9.17, 15) is 0 Å². The van der Waals surface area contributed by atoms with Crippen molar-refractivity contribution in [3.05, 3.63) is 181 Å². The molecule has 48 heavy (non-hydrogen) atoms. The SMILES string of the molecule is C1=CC(c2ccc3cccnc3c2)CC=C1N(c1ccc(C2=C/C/N=C\C=C/C/C=C\2)cc1)c1ccc(-c2cc3ccccc3s2)cc1. The van der Waals surface area contributed by atoms with Gasteiger partial charge in [-0.1, -0.05) is 97.1 Å². The van der Waals surface area contributed by atoms with Crippen LogP contribution in [0.5, 0.6) is 0 Å². The van der Waals surface area contributed by atoms with Gasteiger partial charge in [0.25, 0.3) is 0 Å². The topological polar surface area (TPSA) is 28.5 Å². The number of benzene rings is 4. The second kappa shape index (κ2) is 13.6. The molecule has 0 saturated heterocycles. The zero-order chi connectivity index (χ0) is 32.1. The molecule has 0 N–H and O–H groups in total. The van der Waals surface area contributed by atoms with Crippen LogP contribution in [0.4, 0.5) is 11.4 Å². The van der Waals surface area contributed by atoms with E-state index in [-0.39, 0.29) is 0 Å². The number of rotatable bonds is 6. The fraction of sp³-hybridized carbons (Fsp3) is 0.0909. The van der Waals surface area contributed by atoms with Crippen LogP contribution < -0.4 is 4.90 Å². The van der Waals surface area contributed by atoms with Gasteiger partial charge in [-0.3, -0.25) is 9.98 Å². The summed E-state index contributed by atoms with van der Waals surface area (Å²) in [6.45, 7) is 0.663. The third-order valence-electron chi connectivity index (χ3n) is 9.00. The molecule has 4 heteroatoms. The molecule has 0 saturated carbocycles. The third-order valence-corrected chi connectivity index (χ3v) is 10.2. The van der Waals surface area contributed by atoms with E-state index in [1.54, 1.807) is 0 Å². The van der Waals surface area contributed by atoms with E-state index in [0.717, 1.165) is 29.7 Å². The first kappa shape index (κ1) is 29.8. The Morgan fingerprint density at radius 3 is 2.33 bits per heavy atom. The highest BCUT2D eigenvalue weighted by atomic mass is 32.1. The second-order valence-corrected chi connectivity index (χ2v) is 13.2. The molecule has 1 unspecified atom stereocenters. The molecule has 4 aromatic carbocycles. The van der Waals surface area contributed by atoms with Crippen molar-refractivity contribution in [2.75, 3.05) is 11.4 Å². The number of hydrogen-bond acceptors (Lipinski definition) is 4. The molecule has 2 aliphatic rings. The number of aliphatic imine (C=N–C) groups is 1. The molecule has 0 radical (unpaired) electrons. The predicted molar refractivity (Wildman–Crippen MR) is 206 cm³/mol. The maximum Gasteiger partial charge on any atom is 0.0704 e. The number of hydrogen-bond donors (Lipinski definition) is 0. The van der Waals surface area contributed by atoms with Crippen molar-refractivity contribution < 1.29 is 0 Å². The van der Waals surface area contributed by atoms with Gasteiger partial charge in [0.2, 0.25) is 0 Å². The van der Waals surface area contributed by atoms with Crippen LogP contribution in [0, 0.1) is 0 Å². The van der Waals surface area contributed by atoms with E-state index in [1.165, 1.54) is 48.3 Å². The van der Waals surface area contributed by atoms with Crippen molar-refractivity contribution in [2.24, 2.45) is 4.99 Å². The highest BCUT2D eigenvalue weighted by Crippen LogP contribution is 2.39. The molecule has 1 aliphatic carbocycles. The van der Waals surface area contributed by atoms with E-state index >= 15 is 0 Å². The molecular formula is C44H35N3S. The molecule has 6 aromatic rings. The van der Waals surface area contributed by atoms with Gasteiger partial charge in [0.15, 0.2) is 0 Å². The van der Waals surface area contributed by atoms with E-state index in [2.05, 4.69) is 161 Å². The molecule has 1 aliphatic heterocycles. The molecular weight excluding hydrogens is 603 g/mol. The molecule has 0 spiro atoms. The lowest BCUT2D eigenvalue weighted by molar-refractivity contribution is 0.841. The van der Waals surface area contributed by atoms with E-state index in [0.29, 0.717) is 12.5 Å². The standard InChI is InChI=1S/C44H35N3S/c1-2-6-27-45-29-26-32(8-3-1)33-14-20-39(21-15-33)47(41-24-18-36(19-25-41)44-31-38-9-4-5-11-43(38)48-44)40-22-16-34(17-23-40)37-13-12-35-10-7-28-46-42(35)30-37/h2-16,18-28,30-31,34H,1,17,29H2/b6-2-,8-3-,32-26+,45-27-. The summed E-state index contributed by atoms with van der Waals surface area (Å²) in [5, 5.41) is 2.47. The van der Waals surface area contributed by atoms with Crippen molar-refractivity contribution in [3.63, 3.8) is 0 Å². The number of anilines is 2. The molecule has 2 aromatic heterocycles. The third kappa shape index (κ3) is 6.35. The normalized spacial score (nSPS) is 19.3. The van der Waals surface area contributed by atoms with Crippen LogP contribution in [0.15, 0.2) is 175 Å². The van der Waals surface area contributed by atoms with Crippen LogP contribution >= 0.6 is 11.3 Å². The number of aromatic nitrogens is 1. The van der Waals surface area contributed by atoms with Gasteiger partial charge in [0.1, 0.15) is 0 Å². The van der Waals surface area contributed by atoms with Crippen molar-refractivity contribution in [3.8, 4) is 10.4 Å². The highest BCUT2D eigenvalue weighted by molar-refractivity contribution is 7.22. The number of thiophene rings is 1. The van der Waals surface area contributed by atoms with Gasteiger partial charge < -0.3 is 4.90 Å². The first-order valence-electron chi connectivity index (χ1n) is 16.5. The second-order valence-electron chi connectivity index (χ2n) is 12.1. The van der Waals surface area contributed by atoms with Gasteiger partial charge >= 0.3 is 0 Å². The molecule has 0 fully saturated rings. The maximum absolute atomic E-state index is 4.59. The monoisotopic (exact) mass is 637 g/mol. The first-order chi connectivity index (χ1) is 23.8. The zero-order valence-corrected chi connectivity index (χ0v) is 27.4. The summed E-state index contributed by atoms with van der Waals surface area (Å²) in [4.78, 5) is 12.7. The number of allylic oxidation sites excluding steroid dienone is 8. The molecule has 8 rings (SSSR count). The average Bonchev–Trinajstić information content (AvgIpc) is 3.59. The number of nitrogens with zero attached hydrogens (tertiary/aromatic N) is 3. The summed E-state index contributed by atoms with van der Waals surface area (Å²) in [6.07, 6.45) is 23.3. The Hall–Kier alpha value is -5.58. The lowest BCUT2D eigenvalue weighted by atomic mass is 9.90. The van der Waals surface area contributed by atoms with Gasteiger partial charge in [-0.15, -0.1) is 11.3 Å². The fourth-order valence-electron chi connectivity index (χ4n) is 6.45. The fourth-order valence-corrected chi connectivity index (χ4v) is 7.52. The van der Waals surface area contributed by atoms with E-state index in [1.807, 2.05) is 35.9 Å². The summed E-state index contributed by atoms with van der Waals surface area (Å²) < 4.78 is 1.32. The largest absolute Gasteiger partial charge is 0.311 e. The quantitative estimate of drug-likeness (QED) is 0.182. The summed E-state index contributed by atoms with van der Waals surface area (Å²) in [6, 6.07) is 39.6. The van der Waals surface area contributed by atoms with Gasteiger partial charge in [-0.2, -0.15) is 0 Å². The lowest BCUT2D eigenvalue weighted by Gasteiger charge is -2.29. The van der Waals surface area contributed by atoms with Crippen LogP contribution in [0.2, 0.25) is 0 Å². The molecule has 1 atom stereocenters. The van der Waals surface area contributed by atoms with Crippen molar-refractivity contribution in [1.82, 2.24) is 4.98 Å². The smallest absolute Gasteiger partial charge is 0.0704 e. The highest BCUT2D eigenvalue weighted by Gasteiger charge is 2.19. The predicted octanol–water partition coefficient (Wildman–Crippen LogP) is 11.9.